The number of aryl methyl sites for hydroxylation is 1. The Morgan fingerprint density at radius 2 is 1.83 bits per heavy atom. The second-order valence-electron chi connectivity index (χ2n) is 10.8. The van der Waals surface area contributed by atoms with Crippen molar-refractivity contribution in [1.82, 2.24) is 0 Å². The van der Waals surface area contributed by atoms with Crippen molar-refractivity contribution in [2.75, 3.05) is 14.2 Å². The molecule has 0 saturated heterocycles. The number of carbonyl (C=O) groups is 1. The molecule has 5 rings (SSSR count). The van der Waals surface area contributed by atoms with Gasteiger partial charge in [-0.15, -0.1) is 0 Å². The largest absolute Gasteiger partial charge is 0.496 e. The maximum absolute atomic E-state index is 12.4. The van der Waals surface area contributed by atoms with Crippen LogP contribution in [-0.4, -0.2) is 31.4 Å². The normalized spacial score (nSPS) is 44.0. The molecule has 4 aliphatic rings. The first-order valence-corrected chi connectivity index (χ1v) is 11.8. The average molecular weight is 413 g/mol. The summed E-state index contributed by atoms with van der Waals surface area (Å²) in [6, 6.07) is 4.42. The number of fused-ring (bicyclic) bond motifs is 5. The fraction of sp³-hybridized carbons (Fsp3) is 0.731. The molecule has 7 atom stereocenters. The van der Waals surface area contributed by atoms with Crippen molar-refractivity contribution < 1.29 is 19.4 Å². The number of ether oxygens (including phenoxy) is 2. The quantitative estimate of drug-likeness (QED) is 0.741. The smallest absolute Gasteiger partial charge is 0.314 e. The van der Waals surface area contributed by atoms with Gasteiger partial charge in [0.1, 0.15) is 11.2 Å². The maximum atomic E-state index is 12.4. The lowest BCUT2D eigenvalue weighted by atomic mass is 9.55. The summed E-state index contributed by atoms with van der Waals surface area (Å²) in [7, 11) is 3.56. The highest BCUT2D eigenvalue weighted by Crippen LogP contribution is 2.64. The number of carboxylic acid groups (broad SMARTS) is 1. The summed E-state index contributed by atoms with van der Waals surface area (Å²) in [5.41, 5.74) is 3.20. The molecule has 1 N–H and O–H groups in total. The molecule has 3 unspecified atom stereocenters. The van der Waals surface area contributed by atoms with Crippen molar-refractivity contribution in [3.05, 3.63) is 28.8 Å². The first kappa shape index (κ1) is 20.4. The Morgan fingerprint density at radius 3 is 2.43 bits per heavy atom. The third kappa shape index (κ3) is 2.40. The molecule has 3 saturated carbocycles. The van der Waals surface area contributed by atoms with E-state index in [1.165, 1.54) is 43.2 Å². The molecule has 0 amide bonds. The number of rotatable bonds is 4. The van der Waals surface area contributed by atoms with E-state index in [1.54, 1.807) is 7.11 Å². The van der Waals surface area contributed by atoms with Crippen molar-refractivity contribution in [2.24, 2.45) is 29.1 Å². The second kappa shape index (κ2) is 6.72. The van der Waals surface area contributed by atoms with Crippen LogP contribution in [0.3, 0.4) is 0 Å². The van der Waals surface area contributed by atoms with E-state index in [2.05, 4.69) is 32.9 Å². The molecule has 0 spiro atoms. The molecular formula is C26H36O4. The second-order valence-corrected chi connectivity index (χ2v) is 10.8. The van der Waals surface area contributed by atoms with Crippen molar-refractivity contribution in [3.8, 4) is 5.75 Å². The molecule has 164 valence electrons. The van der Waals surface area contributed by atoms with Crippen LogP contribution in [0.15, 0.2) is 12.1 Å². The highest BCUT2D eigenvalue weighted by molar-refractivity contribution is 5.88. The molecule has 0 aliphatic heterocycles. The zero-order chi connectivity index (χ0) is 21.4. The Kier molecular flexibility index (Phi) is 4.56. The van der Waals surface area contributed by atoms with Crippen molar-refractivity contribution in [3.63, 3.8) is 0 Å². The topological polar surface area (TPSA) is 55.8 Å². The van der Waals surface area contributed by atoms with Crippen LogP contribution in [0.5, 0.6) is 5.75 Å². The summed E-state index contributed by atoms with van der Waals surface area (Å²) in [5, 5.41) is 10.2. The van der Waals surface area contributed by atoms with Crippen molar-refractivity contribution in [1.29, 1.82) is 0 Å². The molecule has 3 fully saturated rings. The lowest BCUT2D eigenvalue weighted by molar-refractivity contribution is -0.140. The first-order valence-electron chi connectivity index (χ1n) is 11.8. The number of methoxy groups -OCH3 is 2. The van der Waals surface area contributed by atoms with Crippen LogP contribution in [0.2, 0.25) is 0 Å². The monoisotopic (exact) mass is 412 g/mol. The van der Waals surface area contributed by atoms with E-state index >= 15 is 0 Å². The highest BCUT2D eigenvalue weighted by Gasteiger charge is 2.67. The molecule has 4 nitrogen and oxygen atoms in total. The van der Waals surface area contributed by atoms with Gasteiger partial charge in [0.25, 0.3) is 0 Å². The van der Waals surface area contributed by atoms with Gasteiger partial charge >= 0.3 is 5.97 Å². The van der Waals surface area contributed by atoms with Gasteiger partial charge in [-0.3, -0.25) is 4.79 Å². The van der Waals surface area contributed by atoms with Crippen molar-refractivity contribution in [2.45, 2.75) is 76.7 Å². The van der Waals surface area contributed by atoms with Crippen LogP contribution in [-0.2, 0) is 21.4 Å². The third-order valence-corrected chi connectivity index (χ3v) is 10.1. The Morgan fingerprint density at radius 1 is 1.10 bits per heavy atom. The minimum atomic E-state index is -0.801. The maximum Gasteiger partial charge on any atom is 0.314 e. The molecular weight excluding hydrogens is 376 g/mol. The van der Waals surface area contributed by atoms with Crippen LogP contribution in [0.4, 0.5) is 0 Å². The molecule has 0 bridgehead atoms. The van der Waals surface area contributed by atoms with E-state index in [0.29, 0.717) is 29.3 Å². The predicted molar refractivity (Wildman–Crippen MR) is 116 cm³/mol. The molecule has 4 aliphatic carbocycles. The van der Waals surface area contributed by atoms with Gasteiger partial charge in [-0.2, -0.15) is 0 Å². The number of hydrogen-bond acceptors (Lipinski definition) is 3. The van der Waals surface area contributed by atoms with Crippen LogP contribution in [0, 0.1) is 29.1 Å². The Hall–Kier alpha value is -1.55. The zero-order valence-electron chi connectivity index (χ0n) is 19.0. The van der Waals surface area contributed by atoms with Gasteiger partial charge in [-0.1, -0.05) is 26.8 Å². The first-order chi connectivity index (χ1) is 14.3. The van der Waals surface area contributed by atoms with Crippen LogP contribution in [0.25, 0.3) is 0 Å². The Balaban J connectivity index is 1.57. The van der Waals surface area contributed by atoms with Crippen LogP contribution in [0.1, 0.15) is 75.5 Å². The summed E-state index contributed by atoms with van der Waals surface area (Å²) < 4.78 is 11.7. The molecule has 1 aromatic rings. The predicted octanol–water partition coefficient (Wildman–Crippen LogP) is 5.17. The summed E-state index contributed by atoms with van der Waals surface area (Å²) in [4.78, 5) is 12.4. The van der Waals surface area contributed by atoms with E-state index in [1.807, 2.05) is 7.11 Å². The summed E-state index contributed by atoms with van der Waals surface area (Å²) in [6.07, 6.45) is 7.52. The van der Waals surface area contributed by atoms with E-state index in [0.717, 1.165) is 17.7 Å². The minimum Gasteiger partial charge on any atom is -0.496 e. The van der Waals surface area contributed by atoms with Crippen LogP contribution >= 0.6 is 0 Å². The molecule has 1 aromatic carbocycles. The van der Waals surface area contributed by atoms with Crippen molar-refractivity contribution >= 4 is 5.97 Å². The Bertz CT molecular complexity index is 868. The fourth-order valence-corrected chi connectivity index (χ4v) is 8.20. The number of benzene rings is 1. The van der Waals surface area contributed by atoms with Gasteiger partial charge in [0.2, 0.25) is 0 Å². The fourth-order valence-electron chi connectivity index (χ4n) is 8.20. The molecule has 0 heterocycles. The summed E-state index contributed by atoms with van der Waals surface area (Å²) in [6.45, 7) is 6.59. The molecule has 30 heavy (non-hydrogen) atoms. The molecule has 0 radical (unpaired) electrons. The molecule has 0 aromatic heterocycles. The van der Waals surface area contributed by atoms with Gasteiger partial charge in [-0.05, 0) is 90.7 Å². The standard InChI is InChI=1S/C26H36O4/c1-14-15(2)26(14,24(27)28)21-13-19-16(12-22(21)29-4)6-7-18-17(19)10-11-25(3)20(18)8-9-23(25)30-5/h12-15,17-18,20,23H,6-11H2,1-5H3,(H,27,28)/t14?,15?,17-,18?,20-,23-,25-,26?/m0/s1. The van der Waals surface area contributed by atoms with Crippen LogP contribution < -0.4 is 4.74 Å². The SMILES string of the molecule is COc1cc2c(cc1C1(C(=O)O)C(C)C1C)[C@H]1CC[C@]3(C)[C@@H](OC)CC[C@H]3C1CC2. The van der Waals surface area contributed by atoms with Gasteiger partial charge in [0.05, 0.1) is 13.2 Å². The summed E-state index contributed by atoms with van der Waals surface area (Å²) in [5.74, 6) is 2.28. The average Bonchev–Trinajstić information content (AvgIpc) is 3.11. The number of carboxylic acids is 1. The van der Waals surface area contributed by atoms with Gasteiger partial charge < -0.3 is 14.6 Å². The zero-order valence-corrected chi connectivity index (χ0v) is 19.0. The lowest BCUT2D eigenvalue weighted by Gasteiger charge is -2.50. The minimum absolute atomic E-state index is 0.133. The number of hydrogen-bond donors (Lipinski definition) is 1. The van der Waals surface area contributed by atoms with E-state index < -0.39 is 11.4 Å². The third-order valence-electron chi connectivity index (χ3n) is 10.1. The van der Waals surface area contributed by atoms with E-state index in [4.69, 9.17) is 9.47 Å². The van der Waals surface area contributed by atoms with E-state index in [9.17, 15) is 9.90 Å². The Labute approximate surface area is 180 Å². The van der Waals surface area contributed by atoms with E-state index in [-0.39, 0.29) is 11.8 Å². The molecule has 4 heteroatoms. The lowest BCUT2D eigenvalue weighted by Crippen LogP contribution is -2.44. The highest BCUT2D eigenvalue weighted by atomic mass is 16.5. The van der Waals surface area contributed by atoms with Gasteiger partial charge in [0.15, 0.2) is 0 Å². The van der Waals surface area contributed by atoms with Gasteiger partial charge in [-0.25, -0.2) is 0 Å². The summed E-state index contributed by atoms with van der Waals surface area (Å²) >= 11 is 0. The van der Waals surface area contributed by atoms with Gasteiger partial charge in [0, 0.05) is 12.7 Å². The number of aliphatic carboxylic acids is 1.